The van der Waals surface area contributed by atoms with Crippen molar-refractivity contribution >= 4 is 15.9 Å². The van der Waals surface area contributed by atoms with E-state index in [2.05, 4.69) is 22.9 Å². The lowest BCUT2D eigenvalue weighted by atomic mass is 9.49. The summed E-state index contributed by atoms with van der Waals surface area (Å²) >= 11 is 4.00. The molecule has 0 aromatic rings. The molecule has 0 nitrogen and oxygen atoms in total. The van der Waals surface area contributed by atoms with Crippen molar-refractivity contribution in [2.24, 2.45) is 23.2 Å². The molecule has 4 aliphatic carbocycles. The molecule has 0 aromatic carbocycles. The Morgan fingerprint density at radius 1 is 1.15 bits per heavy atom. The van der Waals surface area contributed by atoms with Gasteiger partial charge in [0.15, 0.2) is 0 Å². The van der Waals surface area contributed by atoms with Crippen molar-refractivity contribution < 1.29 is 0 Å². The lowest BCUT2D eigenvalue weighted by Crippen LogP contribution is -2.53. The van der Waals surface area contributed by atoms with Crippen LogP contribution in [0.15, 0.2) is 0 Å². The van der Waals surface area contributed by atoms with Gasteiger partial charge in [-0.05, 0) is 61.7 Å². The van der Waals surface area contributed by atoms with Gasteiger partial charge in [-0.2, -0.15) is 0 Å². The van der Waals surface area contributed by atoms with Crippen LogP contribution in [0.3, 0.4) is 0 Å². The monoisotopic (exact) mass is 242 g/mol. The highest BCUT2D eigenvalue weighted by Gasteiger charge is 2.54. The van der Waals surface area contributed by atoms with Gasteiger partial charge in [0.2, 0.25) is 0 Å². The van der Waals surface area contributed by atoms with E-state index in [1.807, 2.05) is 0 Å². The Bertz CT molecular complexity index is 209. The first kappa shape index (κ1) is 8.76. The van der Waals surface area contributed by atoms with Gasteiger partial charge >= 0.3 is 0 Å². The van der Waals surface area contributed by atoms with E-state index in [4.69, 9.17) is 0 Å². The molecule has 0 saturated heterocycles. The standard InChI is InChI=1S/C12H19Br/c1-2-12-6-8-3-9(7-12)5-10(4-8)11(12)13/h8-11H,2-7H2,1H3. The highest BCUT2D eigenvalue weighted by atomic mass is 79.9. The van der Waals surface area contributed by atoms with Gasteiger partial charge in [0, 0.05) is 4.83 Å². The summed E-state index contributed by atoms with van der Waals surface area (Å²) in [5.74, 6) is 3.24. The number of rotatable bonds is 1. The SMILES string of the molecule is CCC12CC3CC(CC(C3)C1Br)C2. The largest absolute Gasteiger partial charge is 0.0882 e. The predicted octanol–water partition coefficient (Wildman–Crippen LogP) is 3.99. The quantitative estimate of drug-likeness (QED) is 0.611. The van der Waals surface area contributed by atoms with Crippen LogP contribution in [0.5, 0.6) is 0 Å². The summed E-state index contributed by atoms with van der Waals surface area (Å²) in [6, 6.07) is 0. The van der Waals surface area contributed by atoms with Crippen LogP contribution >= 0.6 is 15.9 Å². The summed E-state index contributed by atoms with van der Waals surface area (Å²) in [6.07, 6.45) is 9.12. The van der Waals surface area contributed by atoms with Crippen molar-refractivity contribution in [2.45, 2.75) is 50.3 Å². The second kappa shape index (κ2) is 2.74. The molecule has 4 saturated carbocycles. The minimum atomic E-state index is 0.717. The van der Waals surface area contributed by atoms with Crippen LogP contribution < -0.4 is 0 Å². The summed E-state index contributed by atoms with van der Waals surface area (Å²) in [5.41, 5.74) is 0.717. The Balaban J connectivity index is 1.95. The molecule has 0 amide bonds. The average Bonchev–Trinajstić information content (AvgIpc) is 2.12. The van der Waals surface area contributed by atoms with Crippen molar-refractivity contribution in [2.75, 3.05) is 0 Å². The second-order valence-electron chi connectivity index (χ2n) is 5.73. The van der Waals surface area contributed by atoms with Crippen LogP contribution in [-0.4, -0.2) is 4.83 Å². The van der Waals surface area contributed by atoms with Crippen LogP contribution in [0.2, 0.25) is 0 Å². The third-order valence-corrected chi connectivity index (χ3v) is 6.75. The molecular formula is C12H19Br. The fourth-order valence-corrected chi connectivity index (χ4v) is 5.76. The van der Waals surface area contributed by atoms with E-state index >= 15 is 0 Å². The fourth-order valence-electron chi connectivity index (χ4n) is 4.63. The maximum Gasteiger partial charge on any atom is 0.0230 e. The summed E-state index contributed by atoms with van der Waals surface area (Å²) < 4.78 is 0. The average molecular weight is 243 g/mol. The molecular weight excluding hydrogens is 224 g/mol. The highest BCUT2D eigenvalue weighted by molar-refractivity contribution is 9.09. The number of alkyl halides is 1. The summed E-state index contributed by atoms with van der Waals surface area (Å²) in [7, 11) is 0. The summed E-state index contributed by atoms with van der Waals surface area (Å²) in [5, 5.41) is 0. The molecule has 3 unspecified atom stereocenters. The van der Waals surface area contributed by atoms with Gasteiger partial charge in [-0.3, -0.25) is 0 Å². The molecule has 0 heterocycles. The van der Waals surface area contributed by atoms with Crippen molar-refractivity contribution in [3.63, 3.8) is 0 Å². The lowest BCUT2D eigenvalue weighted by molar-refractivity contribution is -0.0447. The van der Waals surface area contributed by atoms with E-state index in [1.54, 1.807) is 6.42 Å². The van der Waals surface area contributed by atoms with Crippen molar-refractivity contribution in [3.05, 3.63) is 0 Å². The lowest BCUT2D eigenvalue weighted by Gasteiger charge is -2.59. The van der Waals surface area contributed by atoms with E-state index in [9.17, 15) is 0 Å². The molecule has 4 aliphatic rings. The van der Waals surface area contributed by atoms with Crippen LogP contribution in [0.25, 0.3) is 0 Å². The maximum absolute atomic E-state index is 4.00. The fraction of sp³-hybridized carbons (Fsp3) is 1.00. The third-order valence-electron chi connectivity index (χ3n) is 5.03. The van der Waals surface area contributed by atoms with Gasteiger partial charge in [-0.1, -0.05) is 22.9 Å². The zero-order valence-corrected chi connectivity index (χ0v) is 10.0. The zero-order chi connectivity index (χ0) is 9.05. The number of halogens is 1. The van der Waals surface area contributed by atoms with E-state index in [0.29, 0.717) is 0 Å². The van der Waals surface area contributed by atoms with Gasteiger partial charge < -0.3 is 0 Å². The van der Waals surface area contributed by atoms with Gasteiger partial charge in [-0.25, -0.2) is 0 Å². The number of hydrogen-bond acceptors (Lipinski definition) is 0. The van der Waals surface area contributed by atoms with Crippen LogP contribution in [0.4, 0.5) is 0 Å². The minimum Gasteiger partial charge on any atom is -0.0882 e. The first-order valence-electron chi connectivity index (χ1n) is 5.87. The van der Waals surface area contributed by atoms with Crippen molar-refractivity contribution in [1.82, 2.24) is 0 Å². The molecule has 4 bridgehead atoms. The Morgan fingerprint density at radius 2 is 1.77 bits per heavy atom. The molecule has 0 aromatic heterocycles. The minimum absolute atomic E-state index is 0.717. The predicted molar refractivity (Wildman–Crippen MR) is 59.0 cm³/mol. The van der Waals surface area contributed by atoms with Gasteiger partial charge in [-0.15, -0.1) is 0 Å². The summed E-state index contributed by atoms with van der Waals surface area (Å²) in [4.78, 5) is 0.859. The molecule has 0 radical (unpaired) electrons. The topological polar surface area (TPSA) is 0 Å². The second-order valence-corrected chi connectivity index (χ2v) is 6.71. The molecule has 1 heteroatoms. The third kappa shape index (κ3) is 1.09. The van der Waals surface area contributed by atoms with E-state index < -0.39 is 0 Å². The highest BCUT2D eigenvalue weighted by Crippen LogP contribution is 2.63. The van der Waals surface area contributed by atoms with Gasteiger partial charge in [0.05, 0.1) is 0 Å². The molecule has 74 valence electrons. The maximum atomic E-state index is 4.00. The van der Waals surface area contributed by atoms with Crippen LogP contribution in [-0.2, 0) is 0 Å². The van der Waals surface area contributed by atoms with E-state index in [1.165, 1.54) is 32.1 Å². The molecule has 4 fully saturated rings. The molecule has 4 rings (SSSR count). The summed E-state index contributed by atoms with van der Waals surface area (Å²) in [6.45, 7) is 2.40. The first-order chi connectivity index (χ1) is 6.23. The molecule has 0 aliphatic heterocycles. The van der Waals surface area contributed by atoms with E-state index in [0.717, 1.165) is 28.0 Å². The van der Waals surface area contributed by atoms with Crippen LogP contribution in [0, 0.1) is 23.2 Å². The smallest absolute Gasteiger partial charge is 0.0230 e. The molecule has 3 atom stereocenters. The van der Waals surface area contributed by atoms with Crippen molar-refractivity contribution in [1.29, 1.82) is 0 Å². The van der Waals surface area contributed by atoms with Gasteiger partial charge in [0.25, 0.3) is 0 Å². The van der Waals surface area contributed by atoms with Crippen LogP contribution in [0.1, 0.15) is 45.4 Å². The molecule has 13 heavy (non-hydrogen) atoms. The van der Waals surface area contributed by atoms with E-state index in [-0.39, 0.29) is 0 Å². The Morgan fingerprint density at radius 3 is 2.31 bits per heavy atom. The van der Waals surface area contributed by atoms with Gasteiger partial charge in [0.1, 0.15) is 0 Å². The first-order valence-corrected chi connectivity index (χ1v) is 6.79. The molecule has 0 spiro atoms. The normalized spacial score (nSPS) is 58.6. The number of hydrogen-bond donors (Lipinski definition) is 0. The Kier molecular flexibility index (Phi) is 1.85. The Labute approximate surface area is 89.6 Å². The zero-order valence-electron chi connectivity index (χ0n) is 8.43. The molecule has 0 N–H and O–H groups in total. The Hall–Kier alpha value is 0.480. The van der Waals surface area contributed by atoms with Crippen molar-refractivity contribution in [3.8, 4) is 0 Å².